The zero-order valence-corrected chi connectivity index (χ0v) is 11.1. The first-order chi connectivity index (χ1) is 7.59. The van der Waals surface area contributed by atoms with Gasteiger partial charge in [-0.15, -0.1) is 11.3 Å². The standard InChI is InChI=1S/C12H20N2OS/c1-9-10(2)16-11(14-9)7-15-12(3)5-4-6-13-8-12/h13H,4-8H2,1-3H3. The molecule has 0 aliphatic carbocycles. The lowest BCUT2D eigenvalue weighted by atomic mass is 9.96. The zero-order valence-electron chi connectivity index (χ0n) is 10.3. The summed E-state index contributed by atoms with van der Waals surface area (Å²) in [5.74, 6) is 0. The molecule has 1 aliphatic heterocycles. The molecule has 0 saturated carbocycles. The Balaban J connectivity index is 1.91. The first kappa shape index (κ1) is 12.0. The number of hydrogen-bond donors (Lipinski definition) is 1. The summed E-state index contributed by atoms with van der Waals surface area (Å²) >= 11 is 1.75. The SMILES string of the molecule is Cc1nc(COC2(C)CCCNC2)sc1C. The molecule has 1 aromatic heterocycles. The number of hydrogen-bond acceptors (Lipinski definition) is 4. The Bertz CT molecular complexity index is 336. The lowest BCUT2D eigenvalue weighted by Crippen LogP contribution is -2.45. The number of thiazole rings is 1. The fraction of sp³-hybridized carbons (Fsp3) is 0.750. The predicted octanol–water partition coefficient (Wildman–Crippen LogP) is 2.42. The maximum Gasteiger partial charge on any atom is 0.119 e. The van der Waals surface area contributed by atoms with Crippen LogP contribution in [0.4, 0.5) is 0 Å². The summed E-state index contributed by atoms with van der Waals surface area (Å²) in [7, 11) is 0. The summed E-state index contributed by atoms with van der Waals surface area (Å²) < 4.78 is 6.01. The van der Waals surface area contributed by atoms with Crippen molar-refractivity contribution in [3.63, 3.8) is 0 Å². The molecule has 1 aromatic rings. The van der Waals surface area contributed by atoms with Gasteiger partial charge in [-0.1, -0.05) is 0 Å². The second kappa shape index (κ2) is 4.82. The topological polar surface area (TPSA) is 34.1 Å². The number of nitrogens with zero attached hydrogens (tertiary/aromatic N) is 1. The van der Waals surface area contributed by atoms with Crippen LogP contribution in [0.25, 0.3) is 0 Å². The summed E-state index contributed by atoms with van der Waals surface area (Å²) in [6, 6.07) is 0. The molecule has 1 fully saturated rings. The van der Waals surface area contributed by atoms with Crippen molar-refractivity contribution < 1.29 is 4.74 Å². The second-order valence-corrected chi connectivity index (χ2v) is 6.06. The Morgan fingerprint density at radius 1 is 1.50 bits per heavy atom. The first-order valence-electron chi connectivity index (χ1n) is 5.87. The average Bonchev–Trinajstić information content (AvgIpc) is 2.57. The van der Waals surface area contributed by atoms with E-state index in [0.717, 1.165) is 30.2 Å². The average molecular weight is 240 g/mol. The Kier molecular flexibility index (Phi) is 3.62. The molecule has 4 heteroatoms. The van der Waals surface area contributed by atoms with Crippen LogP contribution in [0, 0.1) is 13.8 Å². The molecule has 2 heterocycles. The lowest BCUT2D eigenvalue weighted by molar-refractivity contribution is -0.0572. The van der Waals surface area contributed by atoms with E-state index in [2.05, 4.69) is 31.1 Å². The fourth-order valence-electron chi connectivity index (χ4n) is 1.99. The van der Waals surface area contributed by atoms with Crippen molar-refractivity contribution in [2.45, 2.75) is 45.8 Å². The van der Waals surface area contributed by atoms with Crippen LogP contribution in [-0.4, -0.2) is 23.7 Å². The Hall–Kier alpha value is -0.450. The van der Waals surface area contributed by atoms with Gasteiger partial charge in [-0.2, -0.15) is 0 Å². The molecular formula is C12H20N2OS. The summed E-state index contributed by atoms with van der Waals surface area (Å²) in [6.07, 6.45) is 2.34. The molecule has 90 valence electrons. The number of aryl methyl sites for hydroxylation is 2. The van der Waals surface area contributed by atoms with E-state index in [9.17, 15) is 0 Å². The molecule has 0 radical (unpaired) electrons. The molecule has 16 heavy (non-hydrogen) atoms. The van der Waals surface area contributed by atoms with Crippen LogP contribution in [0.2, 0.25) is 0 Å². The molecular weight excluding hydrogens is 220 g/mol. The van der Waals surface area contributed by atoms with Gasteiger partial charge in [0, 0.05) is 11.4 Å². The summed E-state index contributed by atoms with van der Waals surface area (Å²) in [5.41, 5.74) is 1.13. The molecule has 0 amide bonds. The van der Waals surface area contributed by atoms with E-state index in [-0.39, 0.29) is 5.60 Å². The summed E-state index contributed by atoms with van der Waals surface area (Å²) in [4.78, 5) is 5.80. The van der Waals surface area contributed by atoms with Gasteiger partial charge in [0.15, 0.2) is 0 Å². The number of nitrogens with one attached hydrogen (secondary N) is 1. The van der Waals surface area contributed by atoms with Crippen molar-refractivity contribution in [3.05, 3.63) is 15.6 Å². The van der Waals surface area contributed by atoms with Crippen molar-refractivity contribution in [1.29, 1.82) is 0 Å². The van der Waals surface area contributed by atoms with Gasteiger partial charge in [0.05, 0.1) is 17.9 Å². The van der Waals surface area contributed by atoms with E-state index in [1.807, 2.05) is 0 Å². The van der Waals surface area contributed by atoms with Gasteiger partial charge < -0.3 is 10.1 Å². The van der Waals surface area contributed by atoms with Crippen LogP contribution in [0.1, 0.15) is 35.3 Å². The van der Waals surface area contributed by atoms with Crippen LogP contribution in [0.3, 0.4) is 0 Å². The molecule has 2 rings (SSSR count). The van der Waals surface area contributed by atoms with Crippen molar-refractivity contribution in [3.8, 4) is 0 Å². The first-order valence-corrected chi connectivity index (χ1v) is 6.68. The van der Waals surface area contributed by atoms with Crippen molar-refractivity contribution in [1.82, 2.24) is 10.3 Å². The smallest absolute Gasteiger partial charge is 0.119 e. The number of aromatic nitrogens is 1. The largest absolute Gasteiger partial charge is 0.367 e. The predicted molar refractivity (Wildman–Crippen MR) is 66.9 cm³/mol. The van der Waals surface area contributed by atoms with Crippen LogP contribution >= 0.6 is 11.3 Å². The van der Waals surface area contributed by atoms with Gasteiger partial charge in [-0.3, -0.25) is 0 Å². The Labute approximate surface area is 101 Å². The fourth-order valence-corrected chi connectivity index (χ4v) is 2.84. The molecule has 0 bridgehead atoms. The molecule has 0 aromatic carbocycles. The van der Waals surface area contributed by atoms with Gasteiger partial charge >= 0.3 is 0 Å². The van der Waals surface area contributed by atoms with Crippen molar-refractivity contribution >= 4 is 11.3 Å². The van der Waals surface area contributed by atoms with Crippen molar-refractivity contribution in [2.75, 3.05) is 13.1 Å². The Morgan fingerprint density at radius 3 is 2.88 bits per heavy atom. The van der Waals surface area contributed by atoms with Gasteiger partial charge in [-0.05, 0) is 40.2 Å². The zero-order chi connectivity index (χ0) is 11.6. The summed E-state index contributed by atoms with van der Waals surface area (Å²) in [6.45, 7) is 9.08. The lowest BCUT2D eigenvalue weighted by Gasteiger charge is -2.33. The normalized spacial score (nSPS) is 25.9. The Morgan fingerprint density at radius 2 is 2.31 bits per heavy atom. The van der Waals surface area contributed by atoms with E-state index in [4.69, 9.17) is 4.74 Å². The van der Waals surface area contributed by atoms with Crippen LogP contribution in [-0.2, 0) is 11.3 Å². The number of rotatable bonds is 3. The number of ether oxygens (including phenoxy) is 1. The van der Waals surface area contributed by atoms with Gasteiger partial charge in [0.1, 0.15) is 5.01 Å². The maximum absolute atomic E-state index is 6.01. The minimum absolute atomic E-state index is 0.00820. The van der Waals surface area contributed by atoms with Gasteiger partial charge in [0.2, 0.25) is 0 Å². The van der Waals surface area contributed by atoms with E-state index in [1.54, 1.807) is 11.3 Å². The van der Waals surface area contributed by atoms with E-state index in [1.165, 1.54) is 11.3 Å². The molecule has 1 atom stereocenters. The highest BCUT2D eigenvalue weighted by Crippen LogP contribution is 2.24. The van der Waals surface area contributed by atoms with Gasteiger partial charge in [-0.25, -0.2) is 4.98 Å². The van der Waals surface area contributed by atoms with Crippen LogP contribution < -0.4 is 5.32 Å². The van der Waals surface area contributed by atoms with Crippen LogP contribution in [0.15, 0.2) is 0 Å². The minimum atomic E-state index is -0.00820. The van der Waals surface area contributed by atoms with Gasteiger partial charge in [0.25, 0.3) is 0 Å². The highest BCUT2D eigenvalue weighted by atomic mass is 32.1. The molecule has 1 aliphatic rings. The molecule has 3 nitrogen and oxygen atoms in total. The van der Waals surface area contributed by atoms with E-state index < -0.39 is 0 Å². The molecule has 0 spiro atoms. The van der Waals surface area contributed by atoms with E-state index in [0.29, 0.717) is 6.61 Å². The quantitative estimate of drug-likeness (QED) is 0.881. The number of piperidine rings is 1. The van der Waals surface area contributed by atoms with Crippen molar-refractivity contribution in [2.24, 2.45) is 0 Å². The molecule has 1 saturated heterocycles. The van der Waals surface area contributed by atoms with Crippen LogP contribution in [0.5, 0.6) is 0 Å². The highest BCUT2D eigenvalue weighted by Gasteiger charge is 2.27. The third-order valence-electron chi connectivity index (χ3n) is 3.18. The van der Waals surface area contributed by atoms with E-state index >= 15 is 0 Å². The monoisotopic (exact) mass is 240 g/mol. The second-order valence-electron chi connectivity index (χ2n) is 4.77. The maximum atomic E-state index is 6.01. The third kappa shape index (κ3) is 2.81. The minimum Gasteiger partial charge on any atom is -0.367 e. The third-order valence-corrected chi connectivity index (χ3v) is 4.22. The molecule has 1 N–H and O–H groups in total. The molecule has 1 unspecified atom stereocenters. The summed E-state index contributed by atoms with van der Waals surface area (Å²) in [5, 5.41) is 4.49. The highest BCUT2D eigenvalue weighted by molar-refractivity contribution is 7.11.